The first-order valence-corrected chi connectivity index (χ1v) is 12.0. The summed E-state index contributed by atoms with van der Waals surface area (Å²) >= 11 is 6.45. The Morgan fingerprint density at radius 1 is 1.08 bits per heavy atom. The maximum absolute atomic E-state index is 12.3. The molecule has 8 nitrogen and oxygen atoms in total. The van der Waals surface area contributed by atoms with Crippen LogP contribution in [0.2, 0.25) is 5.02 Å². The lowest BCUT2D eigenvalue weighted by Gasteiger charge is -2.19. The second kappa shape index (κ2) is 10.8. The Labute approximate surface area is 215 Å². The highest BCUT2D eigenvalue weighted by Crippen LogP contribution is 2.35. The summed E-state index contributed by atoms with van der Waals surface area (Å²) in [5, 5.41) is 9.05. The van der Waals surface area contributed by atoms with Crippen LogP contribution in [0.1, 0.15) is 44.0 Å². The smallest absolute Gasteiger partial charge is 0.407 e. The lowest BCUT2D eigenvalue weighted by molar-refractivity contribution is -0.116. The number of anilines is 3. The molecule has 4 rings (SSSR count). The van der Waals surface area contributed by atoms with Crippen molar-refractivity contribution in [3.63, 3.8) is 0 Å². The number of rotatable bonds is 7. The number of nitrogens with one attached hydrogen (secondary N) is 3. The summed E-state index contributed by atoms with van der Waals surface area (Å²) in [5.41, 5.74) is 4.73. The largest absolute Gasteiger partial charge is 0.444 e. The molecule has 1 aliphatic carbocycles. The van der Waals surface area contributed by atoms with E-state index < -0.39 is 11.7 Å². The summed E-state index contributed by atoms with van der Waals surface area (Å²) in [4.78, 5) is 33.0. The van der Waals surface area contributed by atoms with E-state index >= 15 is 0 Å². The maximum Gasteiger partial charge on any atom is 0.407 e. The Kier molecular flexibility index (Phi) is 7.55. The number of aromatic nitrogens is 2. The van der Waals surface area contributed by atoms with Crippen molar-refractivity contribution in [1.29, 1.82) is 0 Å². The van der Waals surface area contributed by atoms with Crippen molar-refractivity contribution in [2.24, 2.45) is 0 Å². The van der Waals surface area contributed by atoms with Crippen molar-refractivity contribution >= 4 is 46.5 Å². The predicted octanol–water partition coefficient (Wildman–Crippen LogP) is 5.71. The Bertz CT molecular complexity index is 1320. The molecule has 0 spiro atoms. The lowest BCUT2D eigenvalue weighted by atomic mass is 10.0. The van der Waals surface area contributed by atoms with E-state index in [0.29, 0.717) is 28.0 Å². The Morgan fingerprint density at radius 2 is 1.86 bits per heavy atom. The first-order valence-electron chi connectivity index (χ1n) is 11.6. The van der Waals surface area contributed by atoms with Gasteiger partial charge in [0.15, 0.2) is 0 Å². The van der Waals surface area contributed by atoms with Gasteiger partial charge in [0.25, 0.3) is 0 Å². The normalized spacial score (nSPS) is 12.4. The van der Waals surface area contributed by atoms with Gasteiger partial charge in [0.2, 0.25) is 11.9 Å². The molecule has 186 valence electrons. The number of nitrogens with zero attached hydrogens (tertiary/aromatic N) is 2. The van der Waals surface area contributed by atoms with Crippen LogP contribution in [-0.4, -0.2) is 34.1 Å². The van der Waals surface area contributed by atoms with Crippen LogP contribution in [0.5, 0.6) is 0 Å². The molecule has 2 aromatic carbocycles. The van der Waals surface area contributed by atoms with Gasteiger partial charge in [0, 0.05) is 29.9 Å². The zero-order valence-electron chi connectivity index (χ0n) is 20.4. The van der Waals surface area contributed by atoms with E-state index in [1.807, 2.05) is 24.3 Å². The number of carbonyl (C=O) groups excluding carboxylic acids is 2. The SMILES string of the molecule is CC(C)(C)OC(=O)NCCC(=O)Nc1cccc(Nc2ncc(Cl)c(C3=CCc4ccccc43)n2)c1. The molecule has 3 N–H and O–H groups in total. The fourth-order valence-electron chi connectivity index (χ4n) is 3.74. The maximum atomic E-state index is 12.3. The van der Waals surface area contributed by atoms with Crippen LogP contribution in [0.4, 0.5) is 22.1 Å². The Morgan fingerprint density at radius 3 is 2.67 bits per heavy atom. The average molecular weight is 506 g/mol. The molecule has 1 aliphatic rings. The van der Waals surface area contributed by atoms with E-state index in [2.05, 4.69) is 44.1 Å². The van der Waals surface area contributed by atoms with Crippen molar-refractivity contribution in [2.45, 2.75) is 39.2 Å². The topological polar surface area (TPSA) is 105 Å². The van der Waals surface area contributed by atoms with Crippen LogP contribution in [0.25, 0.3) is 5.57 Å². The van der Waals surface area contributed by atoms with E-state index in [9.17, 15) is 9.59 Å². The van der Waals surface area contributed by atoms with Crippen molar-refractivity contribution in [1.82, 2.24) is 15.3 Å². The van der Waals surface area contributed by atoms with Crippen LogP contribution < -0.4 is 16.0 Å². The van der Waals surface area contributed by atoms with E-state index in [4.69, 9.17) is 16.3 Å². The number of fused-ring (bicyclic) bond motifs is 1. The van der Waals surface area contributed by atoms with Crippen LogP contribution in [0, 0.1) is 0 Å². The Hall–Kier alpha value is -3.91. The minimum Gasteiger partial charge on any atom is -0.444 e. The molecule has 0 bridgehead atoms. The quantitative estimate of drug-likeness (QED) is 0.379. The molecule has 9 heteroatoms. The predicted molar refractivity (Wildman–Crippen MR) is 141 cm³/mol. The highest BCUT2D eigenvalue weighted by atomic mass is 35.5. The number of hydrogen-bond acceptors (Lipinski definition) is 6. The second-order valence-corrected chi connectivity index (χ2v) is 9.71. The number of hydrogen-bond donors (Lipinski definition) is 3. The van der Waals surface area contributed by atoms with Crippen molar-refractivity contribution in [2.75, 3.05) is 17.2 Å². The van der Waals surface area contributed by atoms with Gasteiger partial charge in [0.05, 0.1) is 16.9 Å². The minimum absolute atomic E-state index is 0.108. The monoisotopic (exact) mass is 505 g/mol. The van der Waals surface area contributed by atoms with Gasteiger partial charge < -0.3 is 20.7 Å². The summed E-state index contributed by atoms with van der Waals surface area (Å²) in [5.74, 6) is 0.157. The molecule has 0 atom stereocenters. The van der Waals surface area contributed by atoms with Crippen LogP contribution in [0.15, 0.2) is 60.8 Å². The molecule has 2 amide bonds. The zero-order valence-corrected chi connectivity index (χ0v) is 21.1. The summed E-state index contributed by atoms with van der Waals surface area (Å²) < 4.78 is 5.16. The highest BCUT2D eigenvalue weighted by molar-refractivity contribution is 6.32. The van der Waals surface area contributed by atoms with Gasteiger partial charge in [-0.1, -0.05) is 48.0 Å². The highest BCUT2D eigenvalue weighted by Gasteiger charge is 2.19. The van der Waals surface area contributed by atoms with Crippen molar-refractivity contribution < 1.29 is 14.3 Å². The third-order valence-corrected chi connectivity index (χ3v) is 5.53. The molecule has 0 fully saturated rings. The molecule has 0 saturated heterocycles. The van der Waals surface area contributed by atoms with Gasteiger partial charge in [-0.05, 0) is 56.5 Å². The van der Waals surface area contributed by atoms with Gasteiger partial charge in [-0.3, -0.25) is 4.79 Å². The van der Waals surface area contributed by atoms with Crippen LogP contribution >= 0.6 is 11.6 Å². The lowest BCUT2D eigenvalue weighted by Crippen LogP contribution is -2.34. The molecule has 0 aliphatic heterocycles. The summed E-state index contributed by atoms with van der Waals surface area (Å²) in [6, 6.07) is 15.4. The van der Waals surface area contributed by atoms with Gasteiger partial charge >= 0.3 is 6.09 Å². The average Bonchev–Trinajstić information content (AvgIpc) is 3.23. The third kappa shape index (κ3) is 6.60. The number of halogens is 1. The number of allylic oxidation sites excluding steroid dienone is 1. The fourth-order valence-corrected chi connectivity index (χ4v) is 3.94. The number of ether oxygens (including phenoxy) is 1. The molecule has 36 heavy (non-hydrogen) atoms. The molecule has 0 unspecified atom stereocenters. The summed E-state index contributed by atoms with van der Waals surface area (Å²) in [6.45, 7) is 5.50. The number of carbonyl (C=O) groups is 2. The first kappa shape index (κ1) is 25.2. The molecular formula is C27H28ClN5O3. The second-order valence-electron chi connectivity index (χ2n) is 9.30. The van der Waals surface area contributed by atoms with Crippen molar-refractivity contribution in [3.05, 3.63) is 82.6 Å². The van der Waals surface area contributed by atoms with Crippen molar-refractivity contribution in [3.8, 4) is 0 Å². The molecule has 0 radical (unpaired) electrons. The molecule has 1 heterocycles. The van der Waals surface area contributed by atoms with Crippen LogP contribution in [0.3, 0.4) is 0 Å². The number of alkyl carbamates (subject to hydrolysis) is 1. The molecule has 3 aromatic rings. The first-order chi connectivity index (χ1) is 17.2. The van der Waals surface area contributed by atoms with E-state index in [1.54, 1.807) is 39.1 Å². The van der Waals surface area contributed by atoms with Crippen LogP contribution in [-0.2, 0) is 16.0 Å². The number of benzene rings is 2. The van der Waals surface area contributed by atoms with Gasteiger partial charge in [-0.15, -0.1) is 0 Å². The van der Waals surface area contributed by atoms with Gasteiger partial charge in [-0.2, -0.15) is 0 Å². The van der Waals surface area contributed by atoms with Gasteiger partial charge in [0.1, 0.15) is 5.60 Å². The molecular weight excluding hydrogens is 478 g/mol. The number of amides is 2. The summed E-state index contributed by atoms with van der Waals surface area (Å²) in [7, 11) is 0. The fraction of sp³-hybridized carbons (Fsp3) is 0.259. The third-order valence-electron chi connectivity index (χ3n) is 5.26. The van der Waals surface area contributed by atoms with E-state index in [-0.39, 0.29) is 18.9 Å². The Balaban J connectivity index is 1.37. The van der Waals surface area contributed by atoms with Gasteiger partial charge in [-0.25, -0.2) is 14.8 Å². The zero-order chi connectivity index (χ0) is 25.7. The standard InChI is InChI=1S/C27H28ClN5O3/c1-27(2,3)36-26(35)29-14-13-23(34)31-18-8-6-9-19(15-18)32-25-30-16-22(28)24(33-25)21-12-11-17-7-4-5-10-20(17)21/h4-10,12,15-16H,11,13-14H2,1-3H3,(H,29,35)(H,31,34)(H,30,32,33). The summed E-state index contributed by atoms with van der Waals surface area (Å²) in [6.07, 6.45) is 4.09. The molecule has 0 saturated carbocycles. The molecule has 1 aromatic heterocycles. The van der Waals surface area contributed by atoms with E-state index in [1.165, 1.54) is 5.56 Å². The minimum atomic E-state index is -0.590. The van der Waals surface area contributed by atoms with E-state index in [0.717, 1.165) is 17.6 Å².